The summed E-state index contributed by atoms with van der Waals surface area (Å²) in [6.07, 6.45) is 1.18. The molecule has 1 aliphatic rings. The fraction of sp³-hybridized carbons (Fsp3) is 1.00. The van der Waals surface area contributed by atoms with Crippen molar-refractivity contribution < 1.29 is 4.74 Å². The van der Waals surface area contributed by atoms with Crippen molar-refractivity contribution in [1.82, 2.24) is 15.1 Å². The zero-order valence-corrected chi connectivity index (χ0v) is 12.8. The highest BCUT2D eigenvalue weighted by Gasteiger charge is 2.31. The maximum Gasteiger partial charge on any atom is 0.0628 e. The third-order valence-corrected chi connectivity index (χ3v) is 3.84. The monoisotopic (exact) mass is 257 g/mol. The van der Waals surface area contributed by atoms with E-state index in [1.54, 1.807) is 7.11 Å². The zero-order chi connectivity index (χ0) is 13.5. The highest BCUT2D eigenvalue weighted by atomic mass is 16.5. The van der Waals surface area contributed by atoms with Crippen molar-refractivity contribution >= 4 is 0 Å². The average Bonchev–Trinajstić information content (AvgIpc) is 2.67. The van der Waals surface area contributed by atoms with Crippen LogP contribution in [0, 0.1) is 5.92 Å². The Morgan fingerprint density at radius 1 is 1.39 bits per heavy atom. The highest BCUT2D eigenvalue weighted by molar-refractivity contribution is 4.88. The van der Waals surface area contributed by atoms with E-state index >= 15 is 0 Å². The van der Waals surface area contributed by atoms with E-state index in [1.807, 2.05) is 0 Å². The lowest BCUT2D eigenvalue weighted by atomic mass is 10.1. The molecule has 0 aromatic rings. The largest absolute Gasteiger partial charge is 0.383 e. The van der Waals surface area contributed by atoms with Crippen molar-refractivity contribution in [2.75, 3.05) is 54.0 Å². The predicted octanol–water partition coefficient (Wildman–Crippen LogP) is 0.883. The quantitative estimate of drug-likeness (QED) is 0.699. The van der Waals surface area contributed by atoms with Crippen molar-refractivity contribution in [3.8, 4) is 0 Å². The van der Waals surface area contributed by atoms with E-state index in [4.69, 9.17) is 4.74 Å². The lowest BCUT2D eigenvalue weighted by Crippen LogP contribution is -2.44. The lowest BCUT2D eigenvalue weighted by Gasteiger charge is -2.25. The molecule has 1 aliphatic heterocycles. The molecule has 0 aromatic heterocycles. The molecule has 0 aliphatic carbocycles. The van der Waals surface area contributed by atoms with Gasteiger partial charge in [-0.05, 0) is 33.0 Å². The Labute approximate surface area is 113 Å². The number of hydrogen-bond donors (Lipinski definition) is 1. The number of nitrogens with zero attached hydrogens (tertiary/aromatic N) is 2. The summed E-state index contributed by atoms with van der Waals surface area (Å²) >= 11 is 0. The first-order valence-electron chi connectivity index (χ1n) is 7.19. The van der Waals surface area contributed by atoms with Crippen LogP contribution in [0.3, 0.4) is 0 Å². The summed E-state index contributed by atoms with van der Waals surface area (Å²) in [6.45, 7) is 9.93. The molecule has 1 heterocycles. The van der Waals surface area contributed by atoms with Crippen LogP contribution in [-0.2, 0) is 4.74 Å². The van der Waals surface area contributed by atoms with E-state index in [9.17, 15) is 0 Å². The molecule has 1 rings (SSSR count). The second-order valence-electron chi connectivity index (χ2n) is 5.83. The summed E-state index contributed by atoms with van der Waals surface area (Å²) in [4.78, 5) is 4.93. The van der Waals surface area contributed by atoms with Crippen LogP contribution in [0.15, 0.2) is 0 Å². The van der Waals surface area contributed by atoms with Crippen molar-refractivity contribution in [3.05, 3.63) is 0 Å². The van der Waals surface area contributed by atoms with Gasteiger partial charge in [-0.3, -0.25) is 4.90 Å². The van der Waals surface area contributed by atoms with Gasteiger partial charge in [0.2, 0.25) is 0 Å². The molecular formula is C14H31N3O. The van der Waals surface area contributed by atoms with Crippen LogP contribution in [0.25, 0.3) is 0 Å². The summed E-state index contributed by atoms with van der Waals surface area (Å²) in [5.74, 6) is 0.759. The van der Waals surface area contributed by atoms with Crippen LogP contribution in [0.5, 0.6) is 0 Å². The van der Waals surface area contributed by atoms with E-state index in [2.05, 4.69) is 43.1 Å². The van der Waals surface area contributed by atoms with E-state index in [0.717, 1.165) is 25.6 Å². The Kier molecular flexibility index (Phi) is 7.15. The fourth-order valence-electron chi connectivity index (χ4n) is 2.91. The number of ether oxygens (including phenoxy) is 1. The molecule has 3 unspecified atom stereocenters. The molecule has 1 fully saturated rings. The number of likely N-dealkylation sites (tertiary alicyclic amines) is 1. The predicted molar refractivity (Wildman–Crippen MR) is 77.0 cm³/mol. The number of rotatable bonds is 8. The second kappa shape index (κ2) is 8.10. The molecule has 0 radical (unpaired) electrons. The number of methoxy groups -OCH3 is 1. The number of nitrogens with one attached hydrogen (secondary N) is 1. The van der Waals surface area contributed by atoms with Gasteiger partial charge in [0.05, 0.1) is 6.61 Å². The van der Waals surface area contributed by atoms with Crippen LogP contribution in [-0.4, -0.2) is 75.9 Å². The van der Waals surface area contributed by atoms with Crippen LogP contribution in [0.1, 0.15) is 20.3 Å². The van der Waals surface area contributed by atoms with Gasteiger partial charge in [-0.15, -0.1) is 0 Å². The normalized spacial score (nSPS) is 27.0. The van der Waals surface area contributed by atoms with Crippen LogP contribution < -0.4 is 5.32 Å². The summed E-state index contributed by atoms with van der Waals surface area (Å²) in [7, 11) is 6.16. The van der Waals surface area contributed by atoms with Gasteiger partial charge in [0.1, 0.15) is 0 Å². The minimum absolute atomic E-state index is 0.461. The zero-order valence-electron chi connectivity index (χ0n) is 12.8. The number of likely N-dealkylation sites (N-methyl/N-ethyl adjacent to an activating group) is 1. The molecule has 4 nitrogen and oxygen atoms in total. The summed E-state index contributed by atoms with van der Waals surface area (Å²) in [5, 5.41) is 3.58. The van der Waals surface area contributed by atoms with Crippen LogP contribution in [0.4, 0.5) is 0 Å². The van der Waals surface area contributed by atoms with Crippen molar-refractivity contribution in [3.63, 3.8) is 0 Å². The molecule has 3 atom stereocenters. The standard InChI is InChI=1S/C14H31N3O/c1-6-7-15-13(11-18-5)9-17-8-12(2)14(10-17)16(3)4/h12-15H,6-11H2,1-5H3. The smallest absolute Gasteiger partial charge is 0.0628 e. The first kappa shape index (κ1) is 15.9. The lowest BCUT2D eigenvalue weighted by molar-refractivity contribution is 0.142. The van der Waals surface area contributed by atoms with Gasteiger partial charge in [0.15, 0.2) is 0 Å². The summed E-state index contributed by atoms with van der Waals surface area (Å²) in [6, 6.07) is 1.16. The van der Waals surface area contributed by atoms with Gasteiger partial charge < -0.3 is 15.0 Å². The Balaban J connectivity index is 2.40. The Hall–Kier alpha value is -0.160. The number of hydrogen-bond acceptors (Lipinski definition) is 4. The van der Waals surface area contributed by atoms with E-state index in [1.165, 1.54) is 19.5 Å². The molecule has 1 saturated heterocycles. The van der Waals surface area contributed by atoms with Gasteiger partial charge in [-0.25, -0.2) is 0 Å². The first-order chi connectivity index (χ1) is 8.58. The van der Waals surface area contributed by atoms with Crippen molar-refractivity contribution in [1.29, 1.82) is 0 Å². The summed E-state index contributed by atoms with van der Waals surface area (Å²) < 4.78 is 5.31. The third-order valence-electron chi connectivity index (χ3n) is 3.84. The van der Waals surface area contributed by atoms with E-state index < -0.39 is 0 Å². The Morgan fingerprint density at radius 2 is 2.11 bits per heavy atom. The second-order valence-corrected chi connectivity index (χ2v) is 5.83. The van der Waals surface area contributed by atoms with Crippen LogP contribution in [0.2, 0.25) is 0 Å². The summed E-state index contributed by atoms with van der Waals surface area (Å²) in [5.41, 5.74) is 0. The van der Waals surface area contributed by atoms with Gasteiger partial charge in [-0.1, -0.05) is 13.8 Å². The van der Waals surface area contributed by atoms with Crippen molar-refractivity contribution in [2.45, 2.75) is 32.4 Å². The molecule has 108 valence electrons. The molecule has 0 aromatic carbocycles. The molecule has 0 bridgehead atoms. The minimum atomic E-state index is 0.461. The van der Waals surface area contributed by atoms with E-state index in [-0.39, 0.29) is 0 Å². The van der Waals surface area contributed by atoms with Crippen molar-refractivity contribution in [2.24, 2.45) is 5.92 Å². The van der Waals surface area contributed by atoms with E-state index in [0.29, 0.717) is 12.1 Å². The average molecular weight is 257 g/mol. The first-order valence-corrected chi connectivity index (χ1v) is 7.19. The van der Waals surface area contributed by atoms with Gasteiger partial charge in [-0.2, -0.15) is 0 Å². The highest BCUT2D eigenvalue weighted by Crippen LogP contribution is 2.19. The fourth-order valence-corrected chi connectivity index (χ4v) is 2.91. The maximum absolute atomic E-state index is 5.31. The topological polar surface area (TPSA) is 27.7 Å². The Morgan fingerprint density at radius 3 is 2.61 bits per heavy atom. The molecule has 0 amide bonds. The SMILES string of the molecule is CCCNC(COC)CN1CC(C)C(N(C)C)C1. The maximum atomic E-state index is 5.31. The van der Waals surface area contributed by atoms with Crippen LogP contribution >= 0.6 is 0 Å². The Bertz CT molecular complexity index is 223. The van der Waals surface area contributed by atoms with Gasteiger partial charge >= 0.3 is 0 Å². The van der Waals surface area contributed by atoms with Gasteiger partial charge in [0, 0.05) is 38.8 Å². The molecule has 0 spiro atoms. The molecule has 1 N–H and O–H groups in total. The third kappa shape index (κ3) is 4.84. The molecule has 18 heavy (non-hydrogen) atoms. The van der Waals surface area contributed by atoms with Gasteiger partial charge in [0.25, 0.3) is 0 Å². The minimum Gasteiger partial charge on any atom is -0.383 e. The molecule has 0 saturated carbocycles. The molecule has 4 heteroatoms. The molecular weight excluding hydrogens is 226 g/mol.